The highest BCUT2D eigenvalue weighted by Crippen LogP contribution is 2.46. The number of allylic oxidation sites excluding steroid dienone is 1. The van der Waals surface area contributed by atoms with E-state index in [1.807, 2.05) is 62.5 Å². The zero-order chi connectivity index (χ0) is 25.4. The number of rotatable bonds is 7. The third-order valence-corrected chi connectivity index (χ3v) is 7.47. The zero-order valence-corrected chi connectivity index (χ0v) is 21.2. The summed E-state index contributed by atoms with van der Waals surface area (Å²) in [4.78, 5) is 16.9. The Bertz CT molecular complexity index is 1370. The fourth-order valence-electron chi connectivity index (χ4n) is 5.09. The standard InChI is InChI=1S/C31H31N3O2/c1-18(2)31(35)22-7-5-21(6-8-22)19(3)13-29-20(4)25(11-12-33-29)23-9-10-28(24(14-23)15-32)34-30-26-16-36-17-27(26)30/h5-14,18,26-27,30,34H,16-17H2,1-4H3/b19-13+. The molecule has 1 aliphatic heterocycles. The van der Waals surface area contributed by atoms with Crippen molar-refractivity contribution in [3.05, 3.63) is 82.7 Å². The van der Waals surface area contributed by atoms with E-state index in [0.717, 1.165) is 58.0 Å². The largest absolute Gasteiger partial charge is 0.381 e. The molecule has 1 saturated carbocycles. The average molecular weight is 478 g/mol. The van der Waals surface area contributed by atoms with Crippen molar-refractivity contribution in [2.75, 3.05) is 18.5 Å². The highest BCUT2D eigenvalue weighted by molar-refractivity contribution is 5.97. The van der Waals surface area contributed by atoms with Gasteiger partial charge in [-0.15, -0.1) is 0 Å². The predicted octanol–water partition coefficient (Wildman–Crippen LogP) is 6.38. The fourth-order valence-corrected chi connectivity index (χ4v) is 5.09. The lowest BCUT2D eigenvalue weighted by Gasteiger charge is -2.14. The van der Waals surface area contributed by atoms with Crippen molar-refractivity contribution in [3.8, 4) is 17.2 Å². The number of fused-ring (bicyclic) bond motifs is 1. The van der Waals surface area contributed by atoms with Crippen LogP contribution in [0.25, 0.3) is 22.8 Å². The fraction of sp³-hybridized carbons (Fsp3) is 0.323. The summed E-state index contributed by atoms with van der Waals surface area (Å²) in [6, 6.07) is 18.6. The van der Waals surface area contributed by atoms with Crippen LogP contribution in [0.2, 0.25) is 0 Å². The van der Waals surface area contributed by atoms with Gasteiger partial charge in [0.25, 0.3) is 0 Å². The first-order chi connectivity index (χ1) is 17.4. The molecule has 5 nitrogen and oxygen atoms in total. The maximum atomic E-state index is 12.2. The molecule has 2 heterocycles. The Morgan fingerprint density at radius 3 is 2.47 bits per heavy atom. The lowest BCUT2D eigenvalue weighted by molar-refractivity contribution is 0.0939. The Balaban J connectivity index is 1.39. The lowest BCUT2D eigenvalue weighted by atomic mass is 9.95. The number of pyridine rings is 1. The molecule has 5 heteroatoms. The molecule has 2 fully saturated rings. The molecule has 2 aliphatic rings. The molecule has 2 unspecified atom stereocenters. The van der Waals surface area contributed by atoms with Crippen LogP contribution in [0.3, 0.4) is 0 Å². The molecule has 1 aromatic heterocycles. The van der Waals surface area contributed by atoms with Gasteiger partial charge >= 0.3 is 0 Å². The summed E-state index contributed by atoms with van der Waals surface area (Å²) >= 11 is 0. The summed E-state index contributed by atoms with van der Waals surface area (Å²) in [7, 11) is 0. The van der Waals surface area contributed by atoms with Crippen LogP contribution < -0.4 is 5.32 Å². The summed E-state index contributed by atoms with van der Waals surface area (Å²) in [6.07, 6.45) is 3.89. The maximum Gasteiger partial charge on any atom is 0.165 e. The molecule has 36 heavy (non-hydrogen) atoms. The third kappa shape index (κ3) is 4.57. The number of nitrogens with one attached hydrogen (secondary N) is 1. The molecule has 182 valence electrons. The van der Waals surface area contributed by atoms with Crippen molar-refractivity contribution in [1.29, 1.82) is 5.26 Å². The SMILES string of the molecule is C/C(=C\c1nccc(-c2ccc(NC3C4COCC43)c(C#N)c2)c1C)c1ccc(C(=O)C(C)C)cc1. The van der Waals surface area contributed by atoms with E-state index < -0.39 is 0 Å². The van der Waals surface area contributed by atoms with E-state index >= 15 is 0 Å². The smallest absolute Gasteiger partial charge is 0.165 e. The highest BCUT2D eigenvalue weighted by Gasteiger charge is 2.54. The van der Waals surface area contributed by atoms with Gasteiger partial charge in [0.1, 0.15) is 6.07 Å². The predicted molar refractivity (Wildman–Crippen MR) is 143 cm³/mol. The molecule has 1 saturated heterocycles. The van der Waals surface area contributed by atoms with Crippen molar-refractivity contribution in [1.82, 2.24) is 4.98 Å². The number of carbonyl (C=O) groups is 1. The first kappa shape index (κ1) is 24.0. The molecule has 2 atom stereocenters. The minimum atomic E-state index is -0.0172. The van der Waals surface area contributed by atoms with Crippen molar-refractivity contribution >= 4 is 23.1 Å². The minimum absolute atomic E-state index is 0.0172. The first-order valence-corrected chi connectivity index (χ1v) is 12.5. The molecule has 0 amide bonds. The Morgan fingerprint density at radius 2 is 1.81 bits per heavy atom. The van der Waals surface area contributed by atoms with Crippen LogP contribution >= 0.6 is 0 Å². The van der Waals surface area contributed by atoms with Gasteiger partial charge in [0, 0.05) is 35.6 Å². The number of carbonyl (C=O) groups excluding carboxylic acids is 1. The monoisotopic (exact) mass is 477 g/mol. The van der Waals surface area contributed by atoms with E-state index in [9.17, 15) is 10.1 Å². The molecule has 1 N–H and O–H groups in total. The summed E-state index contributed by atoms with van der Waals surface area (Å²) < 4.78 is 5.48. The van der Waals surface area contributed by atoms with Crippen LogP contribution in [0.1, 0.15) is 53.5 Å². The number of nitrogens with zero attached hydrogens (tertiary/aromatic N) is 2. The second kappa shape index (κ2) is 9.72. The molecular formula is C31H31N3O2. The van der Waals surface area contributed by atoms with E-state index in [1.165, 1.54) is 0 Å². The molecule has 1 aliphatic carbocycles. The Morgan fingerprint density at radius 1 is 1.11 bits per heavy atom. The summed E-state index contributed by atoms with van der Waals surface area (Å²) in [6.45, 7) is 9.58. The van der Waals surface area contributed by atoms with Gasteiger partial charge in [-0.1, -0.05) is 44.2 Å². The van der Waals surface area contributed by atoms with Gasteiger partial charge in [-0.25, -0.2) is 0 Å². The third-order valence-electron chi connectivity index (χ3n) is 7.47. The number of ether oxygens (including phenoxy) is 1. The van der Waals surface area contributed by atoms with Gasteiger partial charge in [-0.05, 0) is 65.9 Å². The van der Waals surface area contributed by atoms with Gasteiger partial charge in [0.05, 0.1) is 30.2 Å². The summed E-state index contributed by atoms with van der Waals surface area (Å²) in [5, 5.41) is 13.4. The van der Waals surface area contributed by atoms with Gasteiger partial charge in [0.2, 0.25) is 0 Å². The highest BCUT2D eigenvalue weighted by atomic mass is 16.5. The van der Waals surface area contributed by atoms with Crippen LogP contribution in [0, 0.1) is 36.0 Å². The van der Waals surface area contributed by atoms with Gasteiger partial charge in [-0.3, -0.25) is 9.78 Å². The number of aromatic nitrogens is 1. The maximum absolute atomic E-state index is 12.2. The van der Waals surface area contributed by atoms with Gasteiger partial charge < -0.3 is 10.1 Å². The van der Waals surface area contributed by atoms with E-state index in [-0.39, 0.29) is 11.7 Å². The van der Waals surface area contributed by atoms with Crippen LogP contribution in [0.15, 0.2) is 54.7 Å². The van der Waals surface area contributed by atoms with Gasteiger partial charge in [-0.2, -0.15) is 5.26 Å². The van der Waals surface area contributed by atoms with E-state index in [2.05, 4.69) is 42.4 Å². The van der Waals surface area contributed by atoms with Crippen molar-refractivity contribution in [2.24, 2.45) is 17.8 Å². The Hall–Kier alpha value is -3.75. The average Bonchev–Trinajstić information content (AvgIpc) is 3.29. The molecule has 0 radical (unpaired) electrons. The van der Waals surface area contributed by atoms with Crippen molar-refractivity contribution < 1.29 is 9.53 Å². The number of hydrogen-bond donors (Lipinski definition) is 1. The normalized spacial score (nSPS) is 20.7. The first-order valence-electron chi connectivity index (χ1n) is 12.5. The number of nitriles is 1. The molecule has 0 spiro atoms. The van der Waals surface area contributed by atoms with E-state index in [0.29, 0.717) is 23.4 Å². The number of hydrogen-bond acceptors (Lipinski definition) is 5. The van der Waals surface area contributed by atoms with Crippen LogP contribution in [0.5, 0.6) is 0 Å². The zero-order valence-electron chi connectivity index (χ0n) is 21.2. The Kier molecular flexibility index (Phi) is 6.47. The van der Waals surface area contributed by atoms with E-state index in [1.54, 1.807) is 0 Å². The van der Waals surface area contributed by atoms with Gasteiger partial charge in [0.15, 0.2) is 5.78 Å². The Labute approximate surface area is 212 Å². The topological polar surface area (TPSA) is 75.0 Å². The molecular weight excluding hydrogens is 446 g/mol. The van der Waals surface area contributed by atoms with Crippen molar-refractivity contribution in [3.63, 3.8) is 0 Å². The van der Waals surface area contributed by atoms with Crippen LogP contribution in [-0.2, 0) is 4.74 Å². The number of Topliss-reactive ketones (excluding diaryl/α,β-unsaturated/α-hetero) is 1. The van der Waals surface area contributed by atoms with Crippen LogP contribution in [0.4, 0.5) is 5.69 Å². The quantitative estimate of drug-likeness (QED) is 0.399. The number of benzene rings is 2. The molecule has 5 rings (SSSR count). The summed E-state index contributed by atoms with van der Waals surface area (Å²) in [5.41, 5.74) is 8.41. The van der Waals surface area contributed by atoms with E-state index in [4.69, 9.17) is 4.74 Å². The lowest BCUT2D eigenvalue weighted by Crippen LogP contribution is -2.13. The molecule has 2 aromatic carbocycles. The van der Waals surface area contributed by atoms with Crippen LogP contribution in [-0.4, -0.2) is 30.0 Å². The number of ketones is 1. The minimum Gasteiger partial charge on any atom is -0.381 e. The van der Waals surface area contributed by atoms with Crippen molar-refractivity contribution in [2.45, 2.75) is 33.7 Å². The molecule has 0 bridgehead atoms. The second-order valence-electron chi connectivity index (χ2n) is 10.2. The molecule has 3 aromatic rings. The number of anilines is 1. The summed E-state index contributed by atoms with van der Waals surface area (Å²) in [5.74, 6) is 1.28. The second-order valence-corrected chi connectivity index (χ2v) is 10.2.